The standard InChI is InChI=1S/C12H22INO2S/c1-4-5-6-7-14-8-11(2)9-15-12(3)10-16-17-13/h6-8,12,14H,4-5,9-10H2,1-3H3/b7-6+,11-8+. The third-order valence-electron chi connectivity index (χ3n) is 1.94. The van der Waals surface area contributed by atoms with E-state index in [0.717, 1.165) is 6.42 Å². The zero-order valence-corrected chi connectivity index (χ0v) is 13.7. The van der Waals surface area contributed by atoms with E-state index in [1.54, 1.807) is 0 Å². The van der Waals surface area contributed by atoms with E-state index >= 15 is 0 Å². The number of halogens is 1. The normalized spacial score (nSPS) is 14.2. The SMILES string of the molecule is CCC/C=C/N/C=C(\C)COC(C)COSI. The highest BCUT2D eigenvalue weighted by atomic mass is 127. The first-order chi connectivity index (χ1) is 8.20. The van der Waals surface area contributed by atoms with Crippen molar-refractivity contribution in [2.45, 2.75) is 39.7 Å². The number of allylic oxidation sites excluding steroid dienone is 1. The van der Waals surface area contributed by atoms with E-state index in [9.17, 15) is 0 Å². The molecule has 0 aliphatic rings. The lowest BCUT2D eigenvalue weighted by molar-refractivity contribution is 0.0522. The molecule has 0 saturated carbocycles. The molecule has 100 valence electrons. The van der Waals surface area contributed by atoms with E-state index in [1.807, 2.05) is 26.2 Å². The number of unbranched alkanes of at least 4 members (excludes halogenated alkanes) is 1. The lowest BCUT2D eigenvalue weighted by Crippen LogP contribution is -2.15. The second kappa shape index (κ2) is 12.7. The molecular formula is C12H22INO2S. The molecule has 0 bridgehead atoms. The van der Waals surface area contributed by atoms with Crippen molar-refractivity contribution < 1.29 is 8.92 Å². The molecule has 0 aliphatic heterocycles. The van der Waals surface area contributed by atoms with Crippen LogP contribution >= 0.6 is 30.4 Å². The van der Waals surface area contributed by atoms with Crippen molar-refractivity contribution in [1.29, 1.82) is 0 Å². The quantitative estimate of drug-likeness (QED) is 0.460. The van der Waals surface area contributed by atoms with Gasteiger partial charge < -0.3 is 14.2 Å². The molecule has 0 aromatic rings. The second-order valence-electron chi connectivity index (χ2n) is 3.82. The fraction of sp³-hybridized carbons (Fsp3) is 0.667. The van der Waals surface area contributed by atoms with Crippen LogP contribution in [0.3, 0.4) is 0 Å². The number of ether oxygens (including phenoxy) is 1. The lowest BCUT2D eigenvalue weighted by atomic mass is 10.3. The Morgan fingerprint density at radius 3 is 2.94 bits per heavy atom. The monoisotopic (exact) mass is 371 g/mol. The van der Waals surface area contributed by atoms with Crippen molar-refractivity contribution in [1.82, 2.24) is 5.32 Å². The molecule has 0 heterocycles. The van der Waals surface area contributed by atoms with Gasteiger partial charge in [-0.3, -0.25) is 0 Å². The Kier molecular flexibility index (Phi) is 12.9. The van der Waals surface area contributed by atoms with E-state index in [0.29, 0.717) is 13.2 Å². The first-order valence-electron chi connectivity index (χ1n) is 5.79. The maximum Gasteiger partial charge on any atom is 0.0883 e. The summed E-state index contributed by atoms with van der Waals surface area (Å²) < 4.78 is 10.8. The van der Waals surface area contributed by atoms with E-state index in [2.05, 4.69) is 39.5 Å². The molecule has 0 amide bonds. The minimum Gasteiger partial charge on any atom is -0.372 e. The van der Waals surface area contributed by atoms with Gasteiger partial charge in [0, 0.05) is 27.4 Å². The Labute approximate surface area is 121 Å². The summed E-state index contributed by atoms with van der Waals surface area (Å²) in [6, 6.07) is 0. The number of rotatable bonds is 10. The topological polar surface area (TPSA) is 30.5 Å². The number of nitrogens with one attached hydrogen (secondary N) is 1. The predicted molar refractivity (Wildman–Crippen MR) is 83.9 cm³/mol. The summed E-state index contributed by atoms with van der Waals surface area (Å²) in [6.45, 7) is 7.46. The summed E-state index contributed by atoms with van der Waals surface area (Å²) in [4.78, 5) is 0. The maximum atomic E-state index is 5.61. The summed E-state index contributed by atoms with van der Waals surface area (Å²) in [6.07, 6.45) is 8.46. The summed E-state index contributed by atoms with van der Waals surface area (Å²) in [5.41, 5.74) is 1.17. The Morgan fingerprint density at radius 1 is 1.53 bits per heavy atom. The highest BCUT2D eigenvalue weighted by molar-refractivity contribution is 14.2. The Balaban J connectivity index is 3.62. The summed E-state index contributed by atoms with van der Waals surface area (Å²) in [5, 5.41) is 3.13. The molecule has 1 atom stereocenters. The zero-order valence-electron chi connectivity index (χ0n) is 10.7. The van der Waals surface area contributed by atoms with Gasteiger partial charge in [0.1, 0.15) is 0 Å². The van der Waals surface area contributed by atoms with Crippen molar-refractivity contribution in [2.75, 3.05) is 13.2 Å². The Hall–Kier alpha value is 0.280. The van der Waals surface area contributed by atoms with Crippen molar-refractivity contribution >= 4 is 30.4 Å². The molecule has 0 aromatic heterocycles. The summed E-state index contributed by atoms with van der Waals surface area (Å²) >= 11 is 2.10. The molecule has 0 aromatic carbocycles. The van der Waals surface area contributed by atoms with Gasteiger partial charge in [-0.25, -0.2) is 0 Å². The number of hydrogen-bond acceptors (Lipinski definition) is 4. The molecular weight excluding hydrogens is 349 g/mol. The fourth-order valence-electron chi connectivity index (χ4n) is 0.993. The van der Waals surface area contributed by atoms with Crippen LogP contribution in [0.25, 0.3) is 0 Å². The van der Waals surface area contributed by atoms with Gasteiger partial charge in [0.2, 0.25) is 0 Å². The minimum atomic E-state index is 0.122. The Morgan fingerprint density at radius 2 is 2.29 bits per heavy atom. The van der Waals surface area contributed by atoms with Gasteiger partial charge in [0.05, 0.1) is 28.5 Å². The molecule has 0 radical (unpaired) electrons. The van der Waals surface area contributed by atoms with Crippen LogP contribution in [0, 0.1) is 0 Å². The van der Waals surface area contributed by atoms with Crippen LogP contribution in [0.15, 0.2) is 24.0 Å². The van der Waals surface area contributed by atoms with Gasteiger partial charge >= 0.3 is 0 Å². The largest absolute Gasteiger partial charge is 0.372 e. The van der Waals surface area contributed by atoms with Gasteiger partial charge in [-0.15, -0.1) is 0 Å². The van der Waals surface area contributed by atoms with Crippen molar-refractivity contribution in [3.63, 3.8) is 0 Å². The van der Waals surface area contributed by atoms with Crippen molar-refractivity contribution in [3.05, 3.63) is 24.0 Å². The van der Waals surface area contributed by atoms with Gasteiger partial charge in [0.25, 0.3) is 0 Å². The van der Waals surface area contributed by atoms with Gasteiger partial charge in [0.15, 0.2) is 0 Å². The smallest absolute Gasteiger partial charge is 0.0883 e. The van der Waals surface area contributed by atoms with Crippen LogP contribution in [-0.4, -0.2) is 19.3 Å². The van der Waals surface area contributed by atoms with E-state index < -0.39 is 0 Å². The summed E-state index contributed by atoms with van der Waals surface area (Å²) in [7, 11) is 1.34. The van der Waals surface area contributed by atoms with E-state index in [1.165, 1.54) is 21.2 Å². The van der Waals surface area contributed by atoms with Gasteiger partial charge in [-0.2, -0.15) is 0 Å². The molecule has 0 saturated heterocycles. The van der Waals surface area contributed by atoms with Crippen LogP contribution in [0.1, 0.15) is 33.6 Å². The molecule has 0 spiro atoms. The second-order valence-corrected chi connectivity index (χ2v) is 5.26. The Bertz CT molecular complexity index is 235. The van der Waals surface area contributed by atoms with Crippen molar-refractivity contribution in [2.24, 2.45) is 0 Å². The van der Waals surface area contributed by atoms with Gasteiger partial charge in [-0.1, -0.05) is 19.4 Å². The maximum absolute atomic E-state index is 5.61. The molecule has 5 heteroatoms. The average Bonchev–Trinajstić information content (AvgIpc) is 2.33. The lowest BCUT2D eigenvalue weighted by Gasteiger charge is -2.11. The molecule has 1 unspecified atom stereocenters. The van der Waals surface area contributed by atoms with E-state index in [-0.39, 0.29) is 6.10 Å². The van der Waals surface area contributed by atoms with Crippen molar-refractivity contribution in [3.8, 4) is 0 Å². The third kappa shape index (κ3) is 12.5. The van der Waals surface area contributed by atoms with Crippen LogP contribution in [-0.2, 0) is 8.92 Å². The molecule has 1 N–H and O–H groups in total. The van der Waals surface area contributed by atoms with Crippen LogP contribution in [0.5, 0.6) is 0 Å². The molecule has 0 aliphatic carbocycles. The van der Waals surface area contributed by atoms with Crippen LogP contribution in [0.4, 0.5) is 0 Å². The molecule has 0 rings (SSSR count). The first kappa shape index (κ1) is 17.3. The van der Waals surface area contributed by atoms with Gasteiger partial charge in [-0.05, 0) is 32.0 Å². The first-order valence-corrected chi connectivity index (χ1v) is 9.07. The molecule has 0 fully saturated rings. The minimum absolute atomic E-state index is 0.122. The van der Waals surface area contributed by atoms with Crippen LogP contribution < -0.4 is 5.32 Å². The fourth-order valence-corrected chi connectivity index (χ4v) is 1.68. The molecule has 17 heavy (non-hydrogen) atoms. The number of hydrogen-bond donors (Lipinski definition) is 1. The molecule has 3 nitrogen and oxygen atoms in total. The summed E-state index contributed by atoms with van der Waals surface area (Å²) in [5.74, 6) is 0. The highest BCUT2D eigenvalue weighted by Crippen LogP contribution is 2.13. The van der Waals surface area contributed by atoms with E-state index in [4.69, 9.17) is 8.92 Å². The zero-order chi connectivity index (χ0) is 12.9. The average molecular weight is 371 g/mol. The third-order valence-corrected chi connectivity index (χ3v) is 2.93. The van der Waals surface area contributed by atoms with Crippen LogP contribution in [0.2, 0.25) is 0 Å². The predicted octanol–water partition coefficient (Wildman–Crippen LogP) is 4.21. The highest BCUT2D eigenvalue weighted by Gasteiger charge is 2.02.